The van der Waals surface area contributed by atoms with Crippen molar-refractivity contribution in [1.82, 2.24) is 9.88 Å². The summed E-state index contributed by atoms with van der Waals surface area (Å²) in [6, 6.07) is 1.92. The third kappa shape index (κ3) is 2.39. The fourth-order valence-corrected chi connectivity index (χ4v) is 2.85. The number of hydrogen-bond acceptors (Lipinski definition) is 2. The van der Waals surface area contributed by atoms with E-state index in [2.05, 4.69) is 41.7 Å². The number of nitrogens with one attached hydrogen (secondary N) is 1. The molecule has 1 N–H and O–H groups in total. The van der Waals surface area contributed by atoms with Gasteiger partial charge < -0.3 is 4.90 Å². The zero-order valence-electron chi connectivity index (χ0n) is 8.13. The van der Waals surface area contributed by atoms with Gasteiger partial charge in [-0.25, -0.2) is 0 Å². The fourth-order valence-electron chi connectivity index (χ4n) is 1.68. The molecule has 0 saturated carbocycles. The highest BCUT2D eigenvalue weighted by molar-refractivity contribution is 9.11. The lowest BCUT2D eigenvalue weighted by atomic mass is 10.3. The van der Waals surface area contributed by atoms with Gasteiger partial charge in [0.25, 0.3) is 0 Å². The predicted molar refractivity (Wildman–Crippen MR) is 67.3 cm³/mol. The molecule has 0 spiro atoms. The van der Waals surface area contributed by atoms with Crippen molar-refractivity contribution in [3.8, 4) is 0 Å². The molecule has 0 radical (unpaired) electrons. The minimum Gasteiger partial charge on any atom is -0.355 e. The predicted octanol–water partition coefficient (Wildman–Crippen LogP) is 3.03. The molecular weight excluding hydrogens is 322 g/mol. The van der Waals surface area contributed by atoms with Crippen molar-refractivity contribution in [2.45, 2.75) is 12.8 Å². The third-order valence-corrected chi connectivity index (χ3v) is 3.49. The van der Waals surface area contributed by atoms with Crippen LogP contribution in [-0.4, -0.2) is 28.8 Å². The summed E-state index contributed by atoms with van der Waals surface area (Å²) in [5, 5.41) is 8.06. The summed E-state index contributed by atoms with van der Waals surface area (Å²) in [5.74, 6) is 0.520. The molecule has 0 aromatic carbocycles. The average Bonchev–Trinajstić information content (AvgIpc) is 2.69. The summed E-state index contributed by atoms with van der Waals surface area (Å²) in [6.45, 7) is 1.95. The van der Waals surface area contributed by atoms with Gasteiger partial charge in [-0.2, -0.15) is 0 Å². The van der Waals surface area contributed by atoms with Crippen LogP contribution in [0.2, 0.25) is 0 Å². The van der Waals surface area contributed by atoms with Crippen LogP contribution in [0.3, 0.4) is 0 Å². The third-order valence-electron chi connectivity index (χ3n) is 2.45. The van der Waals surface area contributed by atoms with Gasteiger partial charge in [-0.05, 0) is 50.8 Å². The summed E-state index contributed by atoms with van der Waals surface area (Å²) >= 11 is 6.79. The number of pyridine rings is 1. The maximum absolute atomic E-state index is 8.06. The van der Waals surface area contributed by atoms with E-state index in [1.807, 2.05) is 6.07 Å². The molecule has 1 fully saturated rings. The summed E-state index contributed by atoms with van der Waals surface area (Å²) < 4.78 is 1.79. The van der Waals surface area contributed by atoms with Crippen LogP contribution in [0.5, 0.6) is 0 Å². The molecule has 3 nitrogen and oxygen atoms in total. The van der Waals surface area contributed by atoms with Crippen LogP contribution in [-0.2, 0) is 0 Å². The van der Waals surface area contributed by atoms with Gasteiger partial charge in [-0.3, -0.25) is 10.4 Å². The molecule has 2 rings (SSSR count). The quantitative estimate of drug-likeness (QED) is 0.634. The van der Waals surface area contributed by atoms with Crippen LogP contribution in [0, 0.1) is 5.41 Å². The van der Waals surface area contributed by atoms with Crippen molar-refractivity contribution in [3.63, 3.8) is 0 Å². The second-order valence-electron chi connectivity index (χ2n) is 3.53. The molecule has 5 heteroatoms. The lowest BCUT2D eigenvalue weighted by Crippen LogP contribution is -2.28. The van der Waals surface area contributed by atoms with Crippen LogP contribution in [0.1, 0.15) is 18.5 Å². The van der Waals surface area contributed by atoms with E-state index in [1.54, 1.807) is 6.20 Å². The number of halogens is 2. The van der Waals surface area contributed by atoms with E-state index >= 15 is 0 Å². The van der Waals surface area contributed by atoms with Crippen LogP contribution < -0.4 is 0 Å². The summed E-state index contributed by atoms with van der Waals surface area (Å²) in [4.78, 5) is 6.33. The molecule has 15 heavy (non-hydrogen) atoms. The van der Waals surface area contributed by atoms with Crippen molar-refractivity contribution in [2.75, 3.05) is 13.1 Å². The number of likely N-dealkylation sites (tertiary alicyclic amines) is 1. The number of hydrogen-bond donors (Lipinski definition) is 1. The number of aromatic nitrogens is 1. The van der Waals surface area contributed by atoms with Gasteiger partial charge in [-0.1, -0.05) is 0 Å². The van der Waals surface area contributed by atoms with Crippen molar-refractivity contribution in [1.29, 1.82) is 5.41 Å². The Kier molecular flexibility index (Phi) is 3.41. The molecule has 1 aliphatic rings. The van der Waals surface area contributed by atoms with Crippen LogP contribution in [0.15, 0.2) is 21.2 Å². The van der Waals surface area contributed by atoms with Crippen LogP contribution >= 0.6 is 31.9 Å². The van der Waals surface area contributed by atoms with Gasteiger partial charge in [0.05, 0.1) is 0 Å². The largest absolute Gasteiger partial charge is 0.355 e. The molecule has 0 atom stereocenters. The van der Waals surface area contributed by atoms with Gasteiger partial charge in [0.2, 0.25) is 0 Å². The maximum Gasteiger partial charge on any atom is 0.148 e. The number of amidine groups is 1. The van der Waals surface area contributed by atoms with E-state index in [-0.39, 0.29) is 0 Å². The first-order valence-electron chi connectivity index (χ1n) is 4.83. The second kappa shape index (κ2) is 4.61. The Bertz CT molecular complexity index is 386. The van der Waals surface area contributed by atoms with Crippen LogP contribution in [0.4, 0.5) is 0 Å². The molecule has 0 unspecified atom stereocenters. The lowest BCUT2D eigenvalue weighted by molar-refractivity contribution is 0.515. The van der Waals surface area contributed by atoms with Crippen molar-refractivity contribution >= 4 is 37.7 Å². The molecule has 2 heterocycles. The SMILES string of the molecule is N=C(c1ncc(Br)cc1Br)N1CCCC1. The molecular formula is C10H11Br2N3. The molecule has 1 aromatic heterocycles. The highest BCUT2D eigenvalue weighted by Gasteiger charge is 2.19. The monoisotopic (exact) mass is 331 g/mol. The van der Waals surface area contributed by atoms with E-state index in [9.17, 15) is 0 Å². The Morgan fingerprint density at radius 1 is 1.33 bits per heavy atom. The van der Waals surface area contributed by atoms with Gasteiger partial charge in [0.1, 0.15) is 11.5 Å². The average molecular weight is 333 g/mol. The molecule has 1 aliphatic heterocycles. The lowest BCUT2D eigenvalue weighted by Gasteiger charge is -2.18. The van der Waals surface area contributed by atoms with E-state index in [1.165, 1.54) is 12.8 Å². The van der Waals surface area contributed by atoms with E-state index < -0.39 is 0 Å². The summed E-state index contributed by atoms with van der Waals surface area (Å²) in [7, 11) is 0. The van der Waals surface area contributed by atoms with Gasteiger partial charge in [-0.15, -0.1) is 0 Å². The highest BCUT2D eigenvalue weighted by Crippen LogP contribution is 2.22. The summed E-state index contributed by atoms with van der Waals surface area (Å²) in [6.07, 6.45) is 4.08. The second-order valence-corrected chi connectivity index (χ2v) is 5.30. The molecule has 0 amide bonds. The van der Waals surface area contributed by atoms with E-state index in [0.717, 1.165) is 27.7 Å². The first-order chi connectivity index (χ1) is 7.18. The zero-order valence-corrected chi connectivity index (χ0v) is 11.3. The van der Waals surface area contributed by atoms with Crippen molar-refractivity contribution in [2.24, 2.45) is 0 Å². The smallest absolute Gasteiger partial charge is 0.148 e. The Balaban J connectivity index is 2.24. The number of rotatable bonds is 1. The highest BCUT2D eigenvalue weighted by atomic mass is 79.9. The fraction of sp³-hybridized carbons (Fsp3) is 0.400. The maximum atomic E-state index is 8.06. The van der Waals surface area contributed by atoms with Gasteiger partial charge in [0, 0.05) is 28.2 Å². The Morgan fingerprint density at radius 2 is 2.00 bits per heavy atom. The van der Waals surface area contributed by atoms with E-state index in [4.69, 9.17) is 5.41 Å². The molecule has 0 aliphatic carbocycles. The normalized spacial score (nSPS) is 15.7. The summed E-state index contributed by atoms with van der Waals surface area (Å²) in [5.41, 5.74) is 0.722. The first-order valence-corrected chi connectivity index (χ1v) is 6.42. The van der Waals surface area contributed by atoms with Gasteiger partial charge >= 0.3 is 0 Å². The molecule has 1 aromatic rings. The number of nitrogens with zero attached hydrogens (tertiary/aromatic N) is 2. The molecule has 0 bridgehead atoms. The van der Waals surface area contributed by atoms with Crippen molar-refractivity contribution in [3.05, 3.63) is 26.9 Å². The van der Waals surface area contributed by atoms with Gasteiger partial charge in [0.15, 0.2) is 0 Å². The minimum absolute atomic E-state index is 0.520. The minimum atomic E-state index is 0.520. The Hall–Kier alpha value is -0.420. The standard InChI is InChI=1S/C10H11Br2N3/c11-7-5-8(12)9(14-6-7)10(13)15-3-1-2-4-15/h5-6,13H,1-4H2. The Morgan fingerprint density at radius 3 is 2.60 bits per heavy atom. The van der Waals surface area contributed by atoms with Crippen molar-refractivity contribution < 1.29 is 0 Å². The Labute approximate surface area is 106 Å². The molecule has 1 saturated heterocycles. The van der Waals surface area contributed by atoms with Crippen LogP contribution in [0.25, 0.3) is 0 Å². The first kappa shape index (κ1) is 11.1. The topological polar surface area (TPSA) is 40.0 Å². The zero-order chi connectivity index (χ0) is 10.8. The van der Waals surface area contributed by atoms with E-state index in [0.29, 0.717) is 5.84 Å². The molecule has 80 valence electrons.